The summed E-state index contributed by atoms with van der Waals surface area (Å²) in [5, 5.41) is 23.9. The number of carboxylic acids is 1. The molecule has 2 fully saturated rings. The lowest BCUT2D eigenvalue weighted by Crippen LogP contribution is -2.55. The first-order valence-electron chi connectivity index (χ1n) is 12.5. The van der Waals surface area contributed by atoms with Crippen molar-refractivity contribution in [3.8, 4) is 0 Å². The Morgan fingerprint density at radius 1 is 1.32 bits per heavy atom. The third-order valence-electron chi connectivity index (χ3n) is 7.60. The molecular weight excluding hydrogens is 438 g/mol. The number of aliphatic hydroxyl groups is 1. The topological polar surface area (TPSA) is 121 Å². The van der Waals surface area contributed by atoms with Crippen molar-refractivity contribution in [2.45, 2.75) is 76.8 Å². The Hall–Kier alpha value is -2.23. The van der Waals surface area contributed by atoms with E-state index in [1.165, 1.54) is 10.6 Å². The first-order chi connectivity index (χ1) is 16.4. The van der Waals surface area contributed by atoms with Gasteiger partial charge in [-0.3, -0.25) is 4.79 Å². The average molecular weight is 476 g/mol. The number of aliphatic hydroxyl groups excluding tert-OH is 1. The van der Waals surface area contributed by atoms with Crippen LogP contribution in [0.1, 0.15) is 63.1 Å². The number of rotatable bonds is 10. The Labute approximate surface area is 200 Å². The highest BCUT2D eigenvalue weighted by molar-refractivity contribution is 5.77. The van der Waals surface area contributed by atoms with Gasteiger partial charge < -0.3 is 25.1 Å². The number of hydroxylamine groups is 2. The van der Waals surface area contributed by atoms with Gasteiger partial charge in [-0.05, 0) is 82.3 Å². The fraction of sp³-hybridized carbons (Fsp3) is 0.720. The van der Waals surface area contributed by atoms with Gasteiger partial charge in [0.1, 0.15) is 11.9 Å². The molecule has 0 unspecified atom stereocenters. The van der Waals surface area contributed by atoms with E-state index in [0.717, 1.165) is 56.6 Å². The summed E-state index contributed by atoms with van der Waals surface area (Å²) in [5.74, 6) is -0.0788. The summed E-state index contributed by atoms with van der Waals surface area (Å²) in [6.07, 6.45) is 6.64. The zero-order chi connectivity index (χ0) is 24.1. The van der Waals surface area contributed by atoms with Crippen LogP contribution >= 0.6 is 0 Å². The molecule has 1 aromatic rings. The second kappa shape index (κ2) is 11.0. The minimum Gasteiger partial charge on any atom is -0.480 e. The van der Waals surface area contributed by atoms with Crippen LogP contribution in [0.2, 0.25) is 0 Å². The van der Waals surface area contributed by atoms with Crippen LogP contribution in [0.3, 0.4) is 0 Å². The Bertz CT molecular complexity index is 866. The maximum atomic E-state index is 13.0. The normalized spacial score (nSPS) is 24.4. The second-order valence-corrected chi connectivity index (χ2v) is 10.1. The number of aliphatic carboxylic acids is 1. The number of aromatic nitrogens is 1. The van der Waals surface area contributed by atoms with Crippen molar-refractivity contribution in [1.29, 1.82) is 0 Å². The summed E-state index contributed by atoms with van der Waals surface area (Å²) in [4.78, 5) is 35.5. The van der Waals surface area contributed by atoms with E-state index in [2.05, 4.69) is 17.4 Å². The van der Waals surface area contributed by atoms with E-state index in [1.807, 2.05) is 6.92 Å². The van der Waals surface area contributed by atoms with Crippen molar-refractivity contribution in [2.24, 2.45) is 11.3 Å². The number of carbonyl (C=O) groups is 2. The number of nitrogens with zero attached hydrogens (tertiary/aromatic N) is 2. The largest absolute Gasteiger partial charge is 0.480 e. The molecule has 9 nitrogen and oxygen atoms in total. The number of hydrogen-bond acceptors (Lipinski definition) is 8. The molecule has 1 saturated carbocycles. The minimum atomic E-state index is -1.09. The van der Waals surface area contributed by atoms with Gasteiger partial charge in [-0.2, -0.15) is 0 Å². The molecule has 0 amide bonds. The van der Waals surface area contributed by atoms with Crippen LogP contribution in [0.25, 0.3) is 0 Å². The van der Waals surface area contributed by atoms with Gasteiger partial charge in [0.05, 0.1) is 5.41 Å². The summed E-state index contributed by atoms with van der Waals surface area (Å²) in [7, 11) is 0. The van der Waals surface area contributed by atoms with Crippen molar-refractivity contribution < 1.29 is 29.4 Å². The molecule has 1 saturated heterocycles. The molecule has 0 aromatic carbocycles. The first-order valence-corrected chi connectivity index (χ1v) is 12.5. The van der Waals surface area contributed by atoms with Gasteiger partial charge >= 0.3 is 11.9 Å². The summed E-state index contributed by atoms with van der Waals surface area (Å²) in [6.45, 7) is 3.50. The molecule has 1 atom stereocenters. The quantitative estimate of drug-likeness (QED) is 0.438. The fourth-order valence-corrected chi connectivity index (χ4v) is 5.11. The Kier molecular flexibility index (Phi) is 8.06. The molecule has 4 rings (SSSR count). The summed E-state index contributed by atoms with van der Waals surface area (Å²) < 4.78 is 5.37. The van der Waals surface area contributed by atoms with E-state index in [4.69, 9.17) is 14.6 Å². The number of pyridine rings is 1. The Morgan fingerprint density at radius 2 is 2.09 bits per heavy atom. The number of anilines is 1. The number of aryl methyl sites for hydroxylation is 2. The molecule has 1 aliphatic carbocycles. The highest BCUT2D eigenvalue weighted by Gasteiger charge is 2.45. The van der Waals surface area contributed by atoms with Crippen LogP contribution in [0.5, 0.6) is 0 Å². The van der Waals surface area contributed by atoms with Crippen molar-refractivity contribution in [2.75, 3.05) is 31.7 Å². The average Bonchev–Trinajstić information content (AvgIpc) is 2.81. The van der Waals surface area contributed by atoms with Crippen LogP contribution in [0.4, 0.5) is 5.82 Å². The van der Waals surface area contributed by atoms with Gasteiger partial charge in [-0.15, -0.1) is 5.06 Å². The predicted octanol–water partition coefficient (Wildman–Crippen LogP) is 2.56. The van der Waals surface area contributed by atoms with Crippen molar-refractivity contribution in [3.05, 3.63) is 23.4 Å². The van der Waals surface area contributed by atoms with Crippen LogP contribution < -0.4 is 5.32 Å². The molecule has 3 aliphatic rings. The standard InChI is InChI=1S/C25H37N3O6/c1-25(9-13-33-14-10-25)24(32)34-28(21(8-12-29)23(30)31)20-15-17(16-20)4-6-19-7-5-18-3-2-11-26-22(18)27-19/h5,7,17,20-21,29H,2-4,6,8-16H2,1H3,(H,26,27)(H,30,31)/t17?,20?,21-/m0/s1. The van der Waals surface area contributed by atoms with Gasteiger partial charge in [-0.1, -0.05) is 6.07 Å². The third-order valence-corrected chi connectivity index (χ3v) is 7.60. The molecule has 0 bridgehead atoms. The number of ether oxygens (including phenoxy) is 1. The van der Waals surface area contributed by atoms with Crippen molar-refractivity contribution in [3.63, 3.8) is 0 Å². The highest BCUT2D eigenvalue weighted by Crippen LogP contribution is 2.39. The smallest absolute Gasteiger partial charge is 0.331 e. The molecular formula is C25H37N3O6. The molecule has 9 heteroatoms. The monoisotopic (exact) mass is 475 g/mol. The Balaban J connectivity index is 1.35. The van der Waals surface area contributed by atoms with Crippen LogP contribution in [-0.4, -0.2) is 70.6 Å². The third kappa shape index (κ3) is 5.70. The Morgan fingerprint density at radius 3 is 2.79 bits per heavy atom. The lowest BCUT2D eigenvalue weighted by molar-refractivity contribution is -0.244. The van der Waals surface area contributed by atoms with Gasteiger partial charge in [-0.25, -0.2) is 9.78 Å². The zero-order valence-electron chi connectivity index (χ0n) is 20.0. The maximum absolute atomic E-state index is 13.0. The molecule has 2 aliphatic heterocycles. The van der Waals surface area contributed by atoms with E-state index in [1.54, 1.807) is 0 Å². The van der Waals surface area contributed by atoms with Crippen LogP contribution in [-0.2, 0) is 32.0 Å². The fourth-order valence-electron chi connectivity index (χ4n) is 5.11. The number of carbonyl (C=O) groups excluding carboxylic acids is 1. The SMILES string of the molecule is CC1(C(=O)ON(C2CC(CCc3ccc4c(n3)NCCC4)C2)[C@@H](CCO)C(=O)O)CCOCC1. The summed E-state index contributed by atoms with van der Waals surface area (Å²) in [6, 6.07) is 3.05. The molecule has 3 heterocycles. The van der Waals surface area contributed by atoms with Gasteiger partial charge in [0.25, 0.3) is 0 Å². The van der Waals surface area contributed by atoms with Crippen molar-refractivity contribution >= 4 is 17.8 Å². The first kappa shape index (κ1) is 24.9. The van der Waals surface area contributed by atoms with Gasteiger partial charge in [0.2, 0.25) is 0 Å². The van der Waals surface area contributed by atoms with E-state index < -0.39 is 23.4 Å². The minimum absolute atomic E-state index is 0.00957. The van der Waals surface area contributed by atoms with E-state index in [9.17, 15) is 19.8 Å². The lowest BCUT2D eigenvalue weighted by atomic mass is 9.76. The number of hydrogen-bond donors (Lipinski definition) is 3. The van der Waals surface area contributed by atoms with Crippen molar-refractivity contribution in [1.82, 2.24) is 10.0 Å². The number of fused-ring (bicyclic) bond motifs is 1. The predicted molar refractivity (Wildman–Crippen MR) is 125 cm³/mol. The van der Waals surface area contributed by atoms with E-state index >= 15 is 0 Å². The summed E-state index contributed by atoms with van der Waals surface area (Å²) >= 11 is 0. The van der Waals surface area contributed by atoms with Crippen LogP contribution in [0, 0.1) is 11.3 Å². The molecule has 1 aromatic heterocycles. The second-order valence-electron chi connectivity index (χ2n) is 10.1. The molecule has 0 radical (unpaired) electrons. The number of nitrogens with one attached hydrogen (secondary N) is 1. The molecule has 0 spiro atoms. The van der Waals surface area contributed by atoms with Crippen LogP contribution in [0.15, 0.2) is 12.1 Å². The van der Waals surface area contributed by atoms with Gasteiger partial charge in [0, 0.05) is 38.1 Å². The molecule has 188 valence electrons. The zero-order valence-corrected chi connectivity index (χ0v) is 20.0. The molecule has 3 N–H and O–H groups in total. The lowest BCUT2D eigenvalue weighted by Gasteiger charge is -2.44. The summed E-state index contributed by atoms with van der Waals surface area (Å²) in [5.41, 5.74) is 1.66. The highest BCUT2D eigenvalue weighted by atomic mass is 16.7. The van der Waals surface area contributed by atoms with Gasteiger partial charge in [0.15, 0.2) is 0 Å². The molecule has 34 heavy (non-hydrogen) atoms. The maximum Gasteiger partial charge on any atom is 0.331 e. The van der Waals surface area contributed by atoms with E-state index in [-0.39, 0.29) is 19.1 Å². The van der Waals surface area contributed by atoms with E-state index in [0.29, 0.717) is 32.0 Å². The number of carboxylic acid groups (broad SMARTS) is 1.